The quantitative estimate of drug-likeness (QED) is 0.796. The predicted molar refractivity (Wildman–Crippen MR) is 76.8 cm³/mol. The second-order valence-electron chi connectivity index (χ2n) is 5.10. The first kappa shape index (κ1) is 14.0. The van der Waals surface area contributed by atoms with Gasteiger partial charge in [-0.2, -0.15) is 0 Å². The van der Waals surface area contributed by atoms with E-state index < -0.39 is 0 Å². The van der Waals surface area contributed by atoms with Gasteiger partial charge in [0.05, 0.1) is 6.54 Å². The minimum Gasteiger partial charge on any atom is -0.511 e. The smallest absolute Gasteiger partial charge is 0.102 e. The van der Waals surface area contributed by atoms with E-state index in [4.69, 9.17) is 5.73 Å². The molecule has 0 atom stereocenters. The fourth-order valence-electron chi connectivity index (χ4n) is 2.42. The highest BCUT2D eigenvalue weighted by Crippen LogP contribution is 2.13. The highest BCUT2D eigenvalue weighted by molar-refractivity contribution is 5.18. The van der Waals surface area contributed by atoms with E-state index in [1.807, 2.05) is 6.20 Å². The summed E-state index contributed by atoms with van der Waals surface area (Å²) in [7, 11) is 0. The number of aromatic nitrogens is 1. The Morgan fingerprint density at radius 1 is 1.37 bits per heavy atom. The summed E-state index contributed by atoms with van der Waals surface area (Å²) in [4.78, 5) is 6.82. The third kappa shape index (κ3) is 4.65. The van der Waals surface area contributed by atoms with Gasteiger partial charge in [-0.25, -0.2) is 0 Å². The molecular weight excluding hydrogens is 238 g/mol. The van der Waals surface area contributed by atoms with Crippen LogP contribution >= 0.6 is 0 Å². The van der Waals surface area contributed by atoms with Crippen molar-refractivity contribution in [1.82, 2.24) is 9.88 Å². The lowest BCUT2D eigenvalue weighted by molar-refractivity contribution is 0.221. The van der Waals surface area contributed by atoms with E-state index >= 15 is 0 Å². The van der Waals surface area contributed by atoms with Crippen LogP contribution < -0.4 is 5.73 Å². The topological polar surface area (TPSA) is 62.4 Å². The molecule has 3 N–H and O–H groups in total. The maximum Gasteiger partial charge on any atom is 0.102 e. The number of nitrogens with two attached hydrogens (primary N) is 1. The van der Waals surface area contributed by atoms with E-state index in [0.29, 0.717) is 6.42 Å². The first-order valence-electron chi connectivity index (χ1n) is 7.02. The number of hydrogen-bond donors (Lipinski definition) is 2. The number of nitrogens with zero attached hydrogens (tertiary/aromatic N) is 2. The summed E-state index contributed by atoms with van der Waals surface area (Å²) in [5.74, 6) is 0.225. The lowest BCUT2D eigenvalue weighted by Crippen LogP contribution is -2.29. The molecule has 4 heteroatoms. The number of likely N-dealkylation sites (tertiary alicyclic amines) is 1. The Balaban J connectivity index is 1.94. The van der Waals surface area contributed by atoms with Gasteiger partial charge in [0.2, 0.25) is 0 Å². The van der Waals surface area contributed by atoms with Gasteiger partial charge >= 0.3 is 0 Å². The average molecular weight is 261 g/mol. The molecule has 2 heterocycles. The first-order valence-corrected chi connectivity index (χ1v) is 7.02. The fourth-order valence-corrected chi connectivity index (χ4v) is 2.42. The molecule has 0 spiro atoms. The molecule has 0 bridgehead atoms. The lowest BCUT2D eigenvalue weighted by Gasteiger charge is -2.26. The van der Waals surface area contributed by atoms with Crippen molar-refractivity contribution in [2.45, 2.75) is 32.2 Å². The summed E-state index contributed by atoms with van der Waals surface area (Å²) in [6.07, 6.45) is 8.20. The number of aliphatic hydroxyl groups excluding tert-OH is 1. The van der Waals surface area contributed by atoms with Crippen LogP contribution in [0.5, 0.6) is 0 Å². The Morgan fingerprint density at radius 3 is 2.89 bits per heavy atom. The summed E-state index contributed by atoms with van der Waals surface area (Å²) < 4.78 is 0. The van der Waals surface area contributed by atoms with Crippen molar-refractivity contribution in [2.24, 2.45) is 5.73 Å². The van der Waals surface area contributed by atoms with Crippen molar-refractivity contribution in [3.05, 3.63) is 41.4 Å². The average Bonchev–Trinajstić information content (AvgIpc) is 2.46. The third-order valence-corrected chi connectivity index (χ3v) is 3.49. The number of hydrogen-bond acceptors (Lipinski definition) is 4. The Bertz CT molecular complexity index is 425. The van der Waals surface area contributed by atoms with Crippen LogP contribution in [0.25, 0.3) is 0 Å². The van der Waals surface area contributed by atoms with Crippen LogP contribution in [0.1, 0.15) is 30.5 Å². The third-order valence-electron chi connectivity index (χ3n) is 3.49. The van der Waals surface area contributed by atoms with Crippen LogP contribution in [0.15, 0.2) is 30.2 Å². The molecule has 19 heavy (non-hydrogen) atoms. The molecule has 1 aromatic rings. The molecule has 0 unspecified atom stereocenters. The van der Waals surface area contributed by atoms with E-state index in [1.54, 1.807) is 6.08 Å². The first-order chi connectivity index (χ1) is 9.28. The molecule has 1 aliphatic rings. The maximum absolute atomic E-state index is 9.35. The van der Waals surface area contributed by atoms with E-state index in [1.165, 1.54) is 37.9 Å². The molecule has 1 fully saturated rings. The monoisotopic (exact) mass is 261 g/mol. The zero-order chi connectivity index (χ0) is 13.5. The highest BCUT2D eigenvalue weighted by atomic mass is 16.3. The molecule has 1 aromatic heterocycles. The zero-order valence-corrected chi connectivity index (χ0v) is 11.4. The van der Waals surface area contributed by atoms with E-state index in [-0.39, 0.29) is 12.3 Å². The van der Waals surface area contributed by atoms with Gasteiger partial charge in [0, 0.05) is 24.9 Å². The van der Waals surface area contributed by atoms with Crippen molar-refractivity contribution in [3.8, 4) is 0 Å². The maximum atomic E-state index is 9.35. The normalized spacial score (nSPS) is 17.6. The van der Waals surface area contributed by atoms with E-state index in [0.717, 1.165) is 12.2 Å². The summed E-state index contributed by atoms with van der Waals surface area (Å²) in [6, 6.07) is 4.19. The molecule has 0 saturated carbocycles. The molecule has 4 nitrogen and oxygen atoms in total. The second kappa shape index (κ2) is 7.26. The number of pyridine rings is 1. The Morgan fingerprint density at radius 2 is 2.16 bits per heavy atom. The fraction of sp³-hybridized carbons (Fsp3) is 0.533. The number of aliphatic hydroxyl groups is 1. The Kier molecular flexibility index (Phi) is 5.36. The molecule has 0 amide bonds. The number of allylic oxidation sites excluding steroid dienone is 1. The van der Waals surface area contributed by atoms with Gasteiger partial charge in [0.15, 0.2) is 0 Å². The van der Waals surface area contributed by atoms with Gasteiger partial charge < -0.3 is 10.8 Å². The van der Waals surface area contributed by atoms with Crippen LogP contribution in [0, 0.1) is 0 Å². The Labute approximate surface area is 114 Å². The van der Waals surface area contributed by atoms with Gasteiger partial charge in [0.1, 0.15) is 5.76 Å². The summed E-state index contributed by atoms with van der Waals surface area (Å²) in [5, 5.41) is 9.35. The summed E-state index contributed by atoms with van der Waals surface area (Å²) in [5.41, 5.74) is 7.62. The number of piperidine rings is 1. The van der Waals surface area contributed by atoms with Crippen LogP contribution in [0.2, 0.25) is 0 Å². The van der Waals surface area contributed by atoms with Gasteiger partial charge in [0.25, 0.3) is 0 Å². The minimum absolute atomic E-state index is 0.188. The van der Waals surface area contributed by atoms with Crippen molar-refractivity contribution in [1.29, 1.82) is 0 Å². The van der Waals surface area contributed by atoms with Gasteiger partial charge in [-0.3, -0.25) is 9.88 Å². The van der Waals surface area contributed by atoms with E-state index in [9.17, 15) is 5.11 Å². The standard InChI is InChI=1S/C15H23N3O/c16-11-15(19)5-4-14-10-13(6-7-17-14)12-18-8-2-1-3-9-18/h5-7,10,19H,1-4,8-9,11-12,16H2/b15-5+. The highest BCUT2D eigenvalue weighted by Gasteiger charge is 2.10. The molecule has 0 aliphatic carbocycles. The Hall–Kier alpha value is -1.39. The molecule has 1 saturated heterocycles. The molecule has 104 valence electrons. The van der Waals surface area contributed by atoms with Crippen molar-refractivity contribution in [3.63, 3.8) is 0 Å². The van der Waals surface area contributed by atoms with Gasteiger partial charge in [-0.15, -0.1) is 0 Å². The van der Waals surface area contributed by atoms with Crippen molar-refractivity contribution < 1.29 is 5.11 Å². The SMILES string of the molecule is NC/C(O)=C\Cc1cc(CN2CCCCC2)ccn1. The van der Waals surface area contributed by atoms with Crippen molar-refractivity contribution >= 4 is 0 Å². The summed E-state index contributed by atoms with van der Waals surface area (Å²) in [6.45, 7) is 3.59. The zero-order valence-electron chi connectivity index (χ0n) is 11.4. The molecular formula is C15H23N3O. The minimum atomic E-state index is 0.188. The van der Waals surface area contributed by atoms with Crippen molar-refractivity contribution in [2.75, 3.05) is 19.6 Å². The molecule has 1 aliphatic heterocycles. The van der Waals surface area contributed by atoms with E-state index in [2.05, 4.69) is 22.0 Å². The van der Waals surface area contributed by atoms with Gasteiger partial charge in [-0.1, -0.05) is 6.42 Å². The summed E-state index contributed by atoms with van der Waals surface area (Å²) >= 11 is 0. The predicted octanol–water partition coefficient (Wildman–Crippen LogP) is 2.01. The van der Waals surface area contributed by atoms with Crippen LogP contribution in [-0.4, -0.2) is 34.6 Å². The van der Waals surface area contributed by atoms with Gasteiger partial charge in [-0.05, 0) is 49.7 Å². The number of rotatable bonds is 5. The second-order valence-corrected chi connectivity index (χ2v) is 5.10. The molecule has 2 rings (SSSR count). The van der Waals surface area contributed by atoms with Crippen LogP contribution in [-0.2, 0) is 13.0 Å². The largest absolute Gasteiger partial charge is 0.511 e. The lowest BCUT2D eigenvalue weighted by atomic mass is 10.1. The molecule has 0 aromatic carbocycles. The van der Waals surface area contributed by atoms with Crippen LogP contribution in [0.4, 0.5) is 0 Å². The molecule has 0 radical (unpaired) electrons. The van der Waals surface area contributed by atoms with Crippen LogP contribution in [0.3, 0.4) is 0 Å².